The van der Waals surface area contributed by atoms with Gasteiger partial charge in [0.1, 0.15) is 10.4 Å². The van der Waals surface area contributed by atoms with Crippen molar-refractivity contribution in [1.82, 2.24) is 5.32 Å². The lowest BCUT2D eigenvalue weighted by molar-refractivity contribution is -0.140. The second kappa shape index (κ2) is 3.50. The summed E-state index contributed by atoms with van der Waals surface area (Å²) in [5.74, 6) is -1.39. The zero-order chi connectivity index (χ0) is 11.1. The van der Waals surface area contributed by atoms with Gasteiger partial charge in [-0.2, -0.15) is 0 Å². The lowest BCUT2D eigenvalue weighted by Crippen LogP contribution is -2.42. The molecule has 2 rings (SSSR count). The number of aliphatic carboxylic acids is 1. The monoisotopic (exact) mass is 245 g/mol. The summed E-state index contributed by atoms with van der Waals surface area (Å²) < 4.78 is 0. The fraction of sp³-hybridized carbons (Fsp3) is 0.333. The molecule has 1 aliphatic carbocycles. The third kappa shape index (κ3) is 1.85. The Morgan fingerprint density at radius 3 is 2.60 bits per heavy atom. The molecule has 0 aromatic carbocycles. The van der Waals surface area contributed by atoms with Crippen molar-refractivity contribution in [3.63, 3.8) is 0 Å². The minimum atomic E-state index is -1.05. The number of hydrogen-bond donors (Lipinski definition) is 2. The molecule has 0 saturated heterocycles. The van der Waals surface area contributed by atoms with E-state index in [0.29, 0.717) is 22.7 Å². The van der Waals surface area contributed by atoms with Gasteiger partial charge in [-0.15, -0.1) is 11.3 Å². The van der Waals surface area contributed by atoms with Crippen LogP contribution in [-0.2, 0) is 4.79 Å². The summed E-state index contributed by atoms with van der Waals surface area (Å²) in [6, 6.07) is 1.61. The van der Waals surface area contributed by atoms with Gasteiger partial charge in [0.05, 0.1) is 5.02 Å². The van der Waals surface area contributed by atoms with Gasteiger partial charge in [-0.25, -0.2) is 4.79 Å². The standard InChI is InChI=1S/C9H8ClNO3S/c10-5-1-4-15-6(5)7(12)11-9(2-3-9)8(13)14/h1,4H,2-3H2,(H,11,12)(H,13,14). The summed E-state index contributed by atoms with van der Waals surface area (Å²) in [5.41, 5.74) is -1.05. The van der Waals surface area contributed by atoms with Gasteiger partial charge in [0.15, 0.2) is 0 Å². The largest absolute Gasteiger partial charge is 0.480 e. The number of carbonyl (C=O) groups excluding carboxylic acids is 1. The number of rotatable bonds is 3. The molecule has 1 aromatic heterocycles. The van der Waals surface area contributed by atoms with Crippen molar-refractivity contribution in [2.75, 3.05) is 0 Å². The van der Waals surface area contributed by atoms with Crippen LogP contribution in [0.15, 0.2) is 11.4 Å². The summed E-state index contributed by atoms with van der Waals surface area (Å²) in [7, 11) is 0. The molecule has 0 bridgehead atoms. The zero-order valence-electron chi connectivity index (χ0n) is 7.62. The van der Waals surface area contributed by atoms with Crippen molar-refractivity contribution in [3.8, 4) is 0 Å². The van der Waals surface area contributed by atoms with E-state index in [1.54, 1.807) is 11.4 Å². The molecule has 0 atom stereocenters. The van der Waals surface area contributed by atoms with Crippen molar-refractivity contribution < 1.29 is 14.7 Å². The van der Waals surface area contributed by atoms with Crippen LogP contribution in [0.5, 0.6) is 0 Å². The average Bonchev–Trinajstić information content (AvgIpc) is 2.82. The predicted molar refractivity (Wildman–Crippen MR) is 56.4 cm³/mol. The molecule has 1 aliphatic rings. The maximum absolute atomic E-state index is 11.6. The van der Waals surface area contributed by atoms with Crippen LogP contribution in [0.2, 0.25) is 5.02 Å². The Morgan fingerprint density at radius 1 is 1.53 bits per heavy atom. The van der Waals surface area contributed by atoms with E-state index in [9.17, 15) is 9.59 Å². The van der Waals surface area contributed by atoms with Gasteiger partial charge in [-0.1, -0.05) is 11.6 Å². The van der Waals surface area contributed by atoms with E-state index in [-0.39, 0.29) is 0 Å². The lowest BCUT2D eigenvalue weighted by atomic mass is 10.2. The van der Waals surface area contributed by atoms with E-state index >= 15 is 0 Å². The number of carboxylic acid groups (broad SMARTS) is 1. The minimum Gasteiger partial charge on any atom is -0.480 e. The Balaban J connectivity index is 2.11. The molecule has 0 unspecified atom stereocenters. The normalized spacial score (nSPS) is 17.1. The highest BCUT2D eigenvalue weighted by atomic mass is 35.5. The molecule has 0 aliphatic heterocycles. The molecule has 6 heteroatoms. The van der Waals surface area contributed by atoms with E-state index < -0.39 is 17.4 Å². The molecule has 80 valence electrons. The fourth-order valence-electron chi connectivity index (χ4n) is 1.25. The number of hydrogen-bond acceptors (Lipinski definition) is 3. The second-order valence-electron chi connectivity index (χ2n) is 3.44. The topological polar surface area (TPSA) is 66.4 Å². The van der Waals surface area contributed by atoms with Crippen molar-refractivity contribution in [2.45, 2.75) is 18.4 Å². The maximum Gasteiger partial charge on any atom is 0.329 e. The molecule has 0 radical (unpaired) electrons. The molecule has 15 heavy (non-hydrogen) atoms. The summed E-state index contributed by atoms with van der Waals surface area (Å²) in [6.45, 7) is 0. The van der Waals surface area contributed by atoms with E-state index in [1.807, 2.05) is 0 Å². The average molecular weight is 246 g/mol. The summed E-state index contributed by atoms with van der Waals surface area (Å²) in [5, 5.41) is 13.4. The van der Waals surface area contributed by atoms with Crippen molar-refractivity contribution in [2.24, 2.45) is 0 Å². The Bertz CT molecular complexity index is 425. The lowest BCUT2D eigenvalue weighted by Gasteiger charge is -2.11. The van der Waals surface area contributed by atoms with E-state index in [1.165, 1.54) is 11.3 Å². The quantitative estimate of drug-likeness (QED) is 0.853. The van der Waals surface area contributed by atoms with E-state index in [4.69, 9.17) is 16.7 Å². The molecule has 1 aromatic rings. The fourth-order valence-corrected chi connectivity index (χ4v) is 2.28. The van der Waals surface area contributed by atoms with Crippen LogP contribution in [0.25, 0.3) is 0 Å². The van der Waals surface area contributed by atoms with Crippen LogP contribution in [0.3, 0.4) is 0 Å². The number of thiophene rings is 1. The van der Waals surface area contributed by atoms with Crippen LogP contribution in [-0.4, -0.2) is 22.5 Å². The Morgan fingerprint density at radius 2 is 2.20 bits per heavy atom. The van der Waals surface area contributed by atoms with Crippen LogP contribution < -0.4 is 5.32 Å². The van der Waals surface area contributed by atoms with Gasteiger partial charge in [0.2, 0.25) is 0 Å². The van der Waals surface area contributed by atoms with E-state index in [0.717, 1.165) is 0 Å². The Labute approximate surface area is 94.9 Å². The number of halogens is 1. The first-order valence-electron chi connectivity index (χ1n) is 4.34. The molecular formula is C9H8ClNO3S. The van der Waals surface area contributed by atoms with Crippen molar-refractivity contribution in [1.29, 1.82) is 0 Å². The van der Waals surface area contributed by atoms with Gasteiger partial charge in [-0.05, 0) is 24.3 Å². The zero-order valence-corrected chi connectivity index (χ0v) is 9.19. The molecule has 1 amide bonds. The number of carboxylic acids is 1. The number of nitrogens with one attached hydrogen (secondary N) is 1. The first-order chi connectivity index (χ1) is 7.05. The SMILES string of the molecule is O=C(NC1(C(=O)O)CC1)c1sccc1Cl. The van der Waals surface area contributed by atoms with Gasteiger partial charge >= 0.3 is 5.97 Å². The minimum absolute atomic E-state index is 0.360. The number of carbonyl (C=O) groups is 2. The van der Waals surface area contributed by atoms with Crippen LogP contribution in [0.4, 0.5) is 0 Å². The van der Waals surface area contributed by atoms with Gasteiger partial charge in [0.25, 0.3) is 5.91 Å². The van der Waals surface area contributed by atoms with Gasteiger partial charge < -0.3 is 10.4 Å². The first-order valence-corrected chi connectivity index (χ1v) is 5.60. The molecule has 1 fully saturated rings. The third-order valence-electron chi connectivity index (χ3n) is 2.34. The summed E-state index contributed by atoms with van der Waals surface area (Å²) in [4.78, 5) is 22.8. The Kier molecular flexibility index (Phi) is 2.44. The summed E-state index contributed by atoms with van der Waals surface area (Å²) in [6.07, 6.45) is 0.966. The first kappa shape index (κ1) is 10.4. The maximum atomic E-state index is 11.6. The highest BCUT2D eigenvalue weighted by Crippen LogP contribution is 2.36. The van der Waals surface area contributed by atoms with Crippen LogP contribution in [0.1, 0.15) is 22.5 Å². The molecule has 4 nitrogen and oxygen atoms in total. The van der Waals surface area contributed by atoms with Crippen molar-refractivity contribution in [3.05, 3.63) is 21.3 Å². The highest BCUT2D eigenvalue weighted by Gasteiger charge is 2.51. The second-order valence-corrected chi connectivity index (χ2v) is 4.76. The van der Waals surface area contributed by atoms with Crippen LogP contribution >= 0.6 is 22.9 Å². The van der Waals surface area contributed by atoms with Gasteiger partial charge in [-0.3, -0.25) is 4.79 Å². The van der Waals surface area contributed by atoms with Crippen molar-refractivity contribution >= 4 is 34.8 Å². The molecule has 1 heterocycles. The smallest absolute Gasteiger partial charge is 0.329 e. The molecule has 0 spiro atoms. The Hall–Kier alpha value is -1.07. The predicted octanol–water partition coefficient (Wildman–Crippen LogP) is 1.75. The molecule has 2 N–H and O–H groups in total. The number of amides is 1. The third-order valence-corrected chi connectivity index (χ3v) is 3.68. The highest BCUT2D eigenvalue weighted by molar-refractivity contribution is 7.12. The molecular weight excluding hydrogens is 238 g/mol. The molecule has 1 saturated carbocycles. The summed E-state index contributed by atoms with van der Waals surface area (Å²) >= 11 is 6.97. The van der Waals surface area contributed by atoms with E-state index in [2.05, 4.69) is 5.32 Å². The van der Waals surface area contributed by atoms with Crippen LogP contribution in [0, 0.1) is 0 Å². The van der Waals surface area contributed by atoms with Gasteiger partial charge in [0, 0.05) is 0 Å².